The summed E-state index contributed by atoms with van der Waals surface area (Å²) >= 11 is 0. The van der Waals surface area contributed by atoms with Gasteiger partial charge in [-0.05, 0) is 38.0 Å². The monoisotopic (exact) mass is 373 g/mol. The highest BCUT2D eigenvalue weighted by molar-refractivity contribution is 5.95. The molecule has 0 aliphatic carbocycles. The number of nitrogens with one attached hydrogen (secondary N) is 2. The van der Waals surface area contributed by atoms with E-state index in [-0.39, 0.29) is 42.5 Å². The van der Waals surface area contributed by atoms with Crippen LogP contribution in [0.25, 0.3) is 0 Å². The summed E-state index contributed by atoms with van der Waals surface area (Å²) in [6.07, 6.45) is 5.15. The van der Waals surface area contributed by atoms with Crippen molar-refractivity contribution in [2.45, 2.75) is 45.2 Å². The van der Waals surface area contributed by atoms with Gasteiger partial charge in [-0.25, -0.2) is 0 Å². The number of hydrogen-bond donors (Lipinski definition) is 3. The molecule has 0 spiro atoms. The lowest BCUT2D eigenvalue weighted by atomic mass is 10.1. The van der Waals surface area contributed by atoms with Crippen LogP contribution < -0.4 is 10.6 Å². The molecule has 27 heavy (non-hydrogen) atoms. The molecule has 1 aromatic rings. The molecule has 1 aliphatic rings. The first kappa shape index (κ1) is 20.5. The number of rotatable bonds is 7. The zero-order valence-corrected chi connectivity index (χ0v) is 15.8. The molecule has 0 unspecified atom stereocenters. The van der Waals surface area contributed by atoms with Crippen LogP contribution in [0.1, 0.15) is 43.5 Å². The summed E-state index contributed by atoms with van der Waals surface area (Å²) in [6, 6.07) is 5.13. The summed E-state index contributed by atoms with van der Waals surface area (Å²) in [6.45, 7) is 4.57. The highest BCUT2D eigenvalue weighted by Gasteiger charge is 2.39. The summed E-state index contributed by atoms with van der Waals surface area (Å²) in [7, 11) is 0. The fourth-order valence-corrected chi connectivity index (χ4v) is 3.14. The van der Waals surface area contributed by atoms with Crippen molar-refractivity contribution in [3.8, 4) is 5.75 Å². The van der Waals surface area contributed by atoms with E-state index in [0.29, 0.717) is 18.5 Å². The predicted octanol–water partition coefficient (Wildman–Crippen LogP) is 1.58. The van der Waals surface area contributed by atoms with Crippen LogP contribution in [-0.2, 0) is 9.59 Å². The Labute approximate surface area is 159 Å². The Morgan fingerprint density at radius 2 is 2.04 bits per heavy atom. The van der Waals surface area contributed by atoms with Crippen LogP contribution in [0, 0.1) is 0 Å². The van der Waals surface area contributed by atoms with Crippen LogP contribution in [0.4, 0.5) is 0 Å². The molecule has 2 rings (SSSR count). The zero-order chi connectivity index (χ0) is 19.8. The van der Waals surface area contributed by atoms with Crippen LogP contribution in [0.5, 0.6) is 5.75 Å². The molecule has 7 heteroatoms. The van der Waals surface area contributed by atoms with Gasteiger partial charge in [0.1, 0.15) is 11.8 Å². The van der Waals surface area contributed by atoms with E-state index in [1.54, 1.807) is 23.1 Å². The number of carbonyl (C=O) groups excluding carboxylic acids is 3. The molecule has 1 fully saturated rings. The van der Waals surface area contributed by atoms with Gasteiger partial charge in [-0.15, -0.1) is 0 Å². The first-order chi connectivity index (χ1) is 13.0. The standard InChI is InChI=1S/C20H27N3O4/c1-3-5-6-10-18(25)23-13-15(12-17(23)20(27)21-4-2)22-19(26)14-8-7-9-16(24)11-14/h5-9,11,15,17,24H,3-4,10,12-13H2,1-2H3,(H,21,27)(H,22,26)/t15-,17+/m1/s1. The largest absolute Gasteiger partial charge is 0.508 e. The van der Waals surface area contributed by atoms with Crippen molar-refractivity contribution in [2.24, 2.45) is 0 Å². The summed E-state index contributed by atoms with van der Waals surface area (Å²) in [4.78, 5) is 38.8. The molecule has 146 valence electrons. The molecule has 0 saturated carbocycles. The van der Waals surface area contributed by atoms with Gasteiger partial charge in [-0.3, -0.25) is 14.4 Å². The lowest BCUT2D eigenvalue weighted by molar-refractivity contribution is -0.137. The van der Waals surface area contributed by atoms with Crippen LogP contribution in [-0.4, -0.2) is 52.9 Å². The Bertz CT molecular complexity index is 717. The van der Waals surface area contributed by atoms with Crippen molar-refractivity contribution in [1.29, 1.82) is 0 Å². The number of benzene rings is 1. The van der Waals surface area contributed by atoms with Crippen LogP contribution in [0.15, 0.2) is 36.4 Å². The number of phenolic OH excluding ortho intramolecular Hbond substituents is 1. The molecule has 0 radical (unpaired) electrons. The van der Waals surface area contributed by atoms with E-state index in [9.17, 15) is 19.5 Å². The van der Waals surface area contributed by atoms with Crippen molar-refractivity contribution >= 4 is 17.7 Å². The SMILES string of the molecule is CCC=CCC(=O)N1C[C@H](NC(=O)c2cccc(O)c2)C[C@H]1C(=O)NCC. The molecule has 1 aliphatic heterocycles. The van der Waals surface area contributed by atoms with Gasteiger partial charge in [0.2, 0.25) is 11.8 Å². The lowest BCUT2D eigenvalue weighted by Crippen LogP contribution is -2.45. The number of amides is 3. The van der Waals surface area contributed by atoms with Crippen molar-refractivity contribution < 1.29 is 19.5 Å². The van der Waals surface area contributed by atoms with Crippen molar-refractivity contribution in [2.75, 3.05) is 13.1 Å². The van der Waals surface area contributed by atoms with Gasteiger partial charge in [-0.2, -0.15) is 0 Å². The first-order valence-electron chi connectivity index (χ1n) is 9.28. The van der Waals surface area contributed by atoms with Gasteiger partial charge >= 0.3 is 0 Å². The Kier molecular flexibility index (Phi) is 7.40. The number of likely N-dealkylation sites (tertiary alicyclic amines) is 1. The quantitative estimate of drug-likeness (QED) is 0.632. The summed E-state index contributed by atoms with van der Waals surface area (Å²) in [5, 5.41) is 15.1. The maximum absolute atomic E-state index is 12.5. The van der Waals surface area contributed by atoms with E-state index in [1.807, 2.05) is 19.9 Å². The van der Waals surface area contributed by atoms with Crippen LogP contribution >= 0.6 is 0 Å². The van der Waals surface area contributed by atoms with Crippen molar-refractivity contribution in [3.05, 3.63) is 42.0 Å². The van der Waals surface area contributed by atoms with Crippen LogP contribution in [0.3, 0.4) is 0 Å². The summed E-state index contributed by atoms with van der Waals surface area (Å²) < 4.78 is 0. The zero-order valence-electron chi connectivity index (χ0n) is 15.8. The van der Waals surface area contributed by atoms with E-state index in [1.165, 1.54) is 12.1 Å². The van der Waals surface area contributed by atoms with Gasteiger partial charge in [0.05, 0.1) is 0 Å². The average molecular weight is 373 g/mol. The molecule has 0 aromatic heterocycles. The number of allylic oxidation sites excluding steroid dienone is 1. The predicted molar refractivity (Wildman–Crippen MR) is 102 cm³/mol. The molecular weight excluding hydrogens is 346 g/mol. The number of carbonyl (C=O) groups is 3. The number of likely N-dealkylation sites (N-methyl/N-ethyl adjacent to an activating group) is 1. The van der Waals surface area contributed by atoms with Crippen molar-refractivity contribution in [3.63, 3.8) is 0 Å². The molecular formula is C20H27N3O4. The third-order valence-corrected chi connectivity index (χ3v) is 4.41. The Hall–Kier alpha value is -2.83. The van der Waals surface area contributed by atoms with E-state index in [2.05, 4.69) is 10.6 Å². The van der Waals surface area contributed by atoms with Gasteiger partial charge in [0.25, 0.3) is 5.91 Å². The number of aromatic hydroxyl groups is 1. The molecule has 3 N–H and O–H groups in total. The molecule has 1 saturated heterocycles. The smallest absolute Gasteiger partial charge is 0.251 e. The maximum Gasteiger partial charge on any atom is 0.251 e. The van der Waals surface area contributed by atoms with E-state index < -0.39 is 6.04 Å². The van der Waals surface area contributed by atoms with Gasteiger partial charge in [0.15, 0.2) is 0 Å². The molecule has 1 heterocycles. The Morgan fingerprint density at radius 3 is 2.70 bits per heavy atom. The minimum Gasteiger partial charge on any atom is -0.508 e. The number of hydrogen-bond acceptors (Lipinski definition) is 4. The van der Waals surface area contributed by atoms with Gasteiger partial charge in [0, 0.05) is 31.1 Å². The van der Waals surface area contributed by atoms with E-state index in [4.69, 9.17) is 0 Å². The first-order valence-corrected chi connectivity index (χ1v) is 9.28. The second kappa shape index (κ2) is 9.75. The van der Waals surface area contributed by atoms with Crippen LogP contribution in [0.2, 0.25) is 0 Å². The van der Waals surface area contributed by atoms with E-state index >= 15 is 0 Å². The third kappa shape index (κ3) is 5.57. The molecule has 1 aromatic carbocycles. The third-order valence-electron chi connectivity index (χ3n) is 4.41. The highest BCUT2D eigenvalue weighted by atomic mass is 16.3. The molecule has 2 atom stereocenters. The fourth-order valence-electron chi connectivity index (χ4n) is 3.14. The molecule has 3 amide bonds. The second-order valence-electron chi connectivity index (χ2n) is 6.50. The Morgan fingerprint density at radius 1 is 1.26 bits per heavy atom. The van der Waals surface area contributed by atoms with Gasteiger partial charge < -0.3 is 20.6 Å². The number of phenols is 1. The molecule has 7 nitrogen and oxygen atoms in total. The van der Waals surface area contributed by atoms with Crippen molar-refractivity contribution in [1.82, 2.24) is 15.5 Å². The fraction of sp³-hybridized carbons (Fsp3) is 0.450. The summed E-state index contributed by atoms with van der Waals surface area (Å²) in [5.74, 6) is -0.677. The minimum absolute atomic E-state index is 0.00814. The molecule has 0 bridgehead atoms. The Balaban J connectivity index is 2.08. The number of nitrogens with zero attached hydrogens (tertiary/aromatic N) is 1. The average Bonchev–Trinajstić information content (AvgIpc) is 3.06. The normalized spacial score (nSPS) is 19.3. The van der Waals surface area contributed by atoms with Gasteiger partial charge in [-0.1, -0.05) is 25.1 Å². The van der Waals surface area contributed by atoms with E-state index in [0.717, 1.165) is 6.42 Å². The summed E-state index contributed by atoms with van der Waals surface area (Å²) in [5.41, 5.74) is 0.334. The highest BCUT2D eigenvalue weighted by Crippen LogP contribution is 2.20. The topological polar surface area (TPSA) is 98.7 Å². The second-order valence-corrected chi connectivity index (χ2v) is 6.50. The minimum atomic E-state index is -0.595. The lowest BCUT2D eigenvalue weighted by Gasteiger charge is -2.23. The maximum atomic E-state index is 12.5.